The van der Waals surface area contributed by atoms with Crippen LogP contribution in [0.15, 0.2) is 0 Å². The van der Waals surface area contributed by atoms with Crippen LogP contribution in [0.4, 0.5) is 0 Å². The molecule has 5 heterocycles. The normalized spacial score (nSPS) is 45.6. The first kappa shape index (κ1) is 29.1. The van der Waals surface area contributed by atoms with Crippen molar-refractivity contribution in [2.24, 2.45) is 23.7 Å². The number of piperidine rings is 3. The molecular formula is C25H42Cl2N6O4S. The minimum atomic E-state index is -0.251. The Morgan fingerprint density at radius 3 is 2.45 bits per heavy atom. The number of rotatable bonds is 6. The van der Waals surface area contributed by atoms with Gasteiger partial charge in [0.05, 0.1) is 28.8 Å². The monoisotopic (exact) mass is 592 g/mol. The summed E-state index contributed by atoms with van der Waals surface area (Å²) in [6.45, 7) is 5.34. The summed E-state index contributed by atoms with van der Waals surface area (Å²) in [7, 11) is 3.39. The number of methoxy groups -OCH3 is 2. The molecule has 5 rings (SSSR count). The zero-order chi connectivity index (χ0) is 27.0. The average molecular weight is 594 g/mol. The summed E-state index contributed by atoms with van der Waals surface area (Å²) >= 11 is 14.7. The van der Waals surface area contributed by atoms with E-state index < -0.39 is 0 Å². The van der Waals surface area contributed by atoms with Gasteiger partial charge in [0.1, 0.15) is 11.7 Å². The zero-order valence-electron chi connectivity index (χ0n) is 22.3. The third kappa shape index (κ3) is 6.26. The van der Waals surface area contributed by atoms with E-state index in [0.717, 1.165) is 12.8 Å². The van der Waals surface area contributed by atoms with Gasteiger partial charge < -0.3 is 25.0 Å². The number of fused-ring (bicyclic) bond motifs is 1. The predicted octanol–water partition coefficient (Wildman–Crippen LogP) is 0.295. The van der Waals surface area contributed by atoms with Crippen molar-refractivity contribution in [3.63, 3.8) is 0 Å². The molecule has 5 fully saturated rings. The van der Waals surface area contributed by atoms with Crippen molar-refractivity contribution in [1.82, 2.24) is 31.5 Å². The van der Waals surface area contributed by atoms with E-state index in [0.29, 0.717) is 45.2 Å². The van der Waals surface area contributed by atoms with Gasteiger partial charge in [-0.2, -0.15) is 0 Å². The molecule has 0 aromatic heterocycles. The Morgan fingerprint density at radius 2 is 1.74 bits per heavy atom. The van der Waals surface area contributed by atoms with Crippen molar-refractivity contribution >= 4 is 46.8 Å². The first-order valence-corrected chi connectivity index (χ1v) is 15.6. The molecule has 5 aliphatic rings. The van der Waals surface area contributed by atoms with E-state index >= 15 is 0 Å². The van der Waals surface area contributed by atoms with Crippen LogP contribution >= 0.6 is 35.0 Å². The summed E-state index contributed by atoms with van der Waals surface area (Å²) in [6, 6.07) is 0.491. The molecule has 2 amide bonds. The number of hydrogen-bond acceptors (Lipinski definition) is 9. The second kappa shape index (κ2) is 12.7. The minimum absolute atomic E-state index is 0.0461. The topological polar surface area (TPSA) is 116 Å². The highest BCUT2D eigenvalue weighted by atomic mass is 35.5. The molecule has 12 atom stereocenters. The summed E-state index contributed by atoms with van der Waals surface area (Å²) in [5.74, 6) is 0.195. The first-order valence-electron chi connectivity index (χ1n) is 13.8. The van der Waals surface area contributed by atoms with Gasteiger partial charge in [-0.1, -0.05) is 0 Å². The largest absolute Gasteiger partial charge is 0.380 e. The Hall–Kier alpha value is -0.370. The fourth-order valence-electron chi connectivity index (χ4n) is 6.94. The summed E-state index contributed by atoms with van der Waals surface area (Å²) in [5.41, 5.74) is -0.265. The van der Waals surface area contributed by atoms with E-state index in [9.17, 15) is 9.59 Å². The molecule has 12 unspecified atom stereocenters. The minimum Gasteiger partial charge on any atom is -0.380 e. The molecule has 0 aromatic carbocycles. The second-order valence-electron chi connectivity index (χ2n) is 11.4. The van der Waals surface area contributed by atoms with Gasteiger partial charge in [0.15, 0.2) is 0 Å². The SMILES string of the molecule is COC1CC(Cl)C(C(=O)N2CC3NC(NC(=O)C4CNC(C)CC4C4CC(Cl)NCC4OC)SC3C2)CN1. The number of halogens is 2. The van der Waals surface area contributed by atoms with Crippen LogP contribution in [0, 0.1) is 23.7 Å². The first-order chi connectivity index (χ1) is 18.3. The summed E-state index contributed by atoms with van der Waals surface area (Å²) in [5, 5.41) is 16.9. The Kier molecular flexibility index (Phi) is 9.70. The number of nitrogens with zero attached hydrogens (tertiary/aromatic N) is 1. The molecule has 216 valence electrons. The van der Waals surface area contributed by atoms with Gasteiger partial charge in [0.25, 0.3) is 0 Å². The van der Waals surface area contributed by atoms with Crippen LogP contribution in [0.25, 0.3) is 0 Å². The molecular weight excluding hydrogens is 551 g/mol. The number of alkyl halides is 2. The zero-order valence-corrected chi connectivity index (χ0v) is 24.7. The van der Waals surface area contributed by atoms with Crippen molar-refractivity contribution < 1.29 is 19.1 Å². The van der Waals surface area contributed by atoms with Gasteiger partial charge in [-0.25, -0.2) is 0 Å². The molecule has 5 N–H and O–H groups in total. The van der Waals surface area contributed by atoms with Crippen molar-refractivity contribution in [2.75, 3.05) is 46.9 Å². The lowest BCUT2D eigenvalue weighted by Gasteiger charge is -2.45. The van der Waals surface area contributed by atoms with Crippen LogP contribution < -0.4 is 26.6 Å². The molecule has 0 spiro atoms. The summed E-state index contributed by atoms with van der Waals surface area (Å²) in [6.07, 6.45) is 2.26. The number of hydrogen-bond donors (Lipinski definition) is 5. The lowest BCUT2D eigenvalue weighted by atomic mass is 9.70. The summed E-state index contributed by atoms with van der Waals surface area (Å²) < 4.78 is 11.1. The summed E-state index contributed by atoms with van der Waals surface area (Å²) in [4.78, 5) is 28.7. The number of ether oxygens (including phenoxy) is 2. The number of nitrogens with one attached hydrogen (secondary N) is 5. The maximum absolute atomic E-state index is 13.6. The molecule has 0 radical (unpaired) electrons. The van der Waals surface area contributed by atoms with E-state index in [2.05, 4.69) is 33.5 Å². The molecule has 5 aliphatic heterocycles. The van der Waals surface area contributed by atoms with Gasteiger partial charge in [-0.15, -0.1) is 35.0 Å². The van der Waals surface area contributed by atoms with Gasteiger partial charge >= 0.3 is 0 Å². The van der Waals surface area contributed by atoms with E-state index in [1.807, 2.05) is 4.90 Å². The molecule has 0 aromatic rings. The van der Waals surface area contributed by atoms with Gasteiger partial charge in [-0.05, 0) is 31.6 Å². The van der Waals surface area contributed by atoms with Crippen LogP contribution in [0.2, 0.25) is 0 Å². The number of amides is 2. The molecule has 10 nitrogen and oxygen atoms in total. The average Bonchev–Trinajstić information content (AvgIpc) is 3.47. The van der Waals surface area contributed by atoms with E-state index in [1.54, 1.807) is 26.0 Å². The molecule has 13 heteroatoms. The highest BCUT2D eigenvalue weighted by Gasteiger charge is 2.48. The third-order valence-corrected chi connectivity index (χ3v) is 11.3. The van der Waals surface area contributed by atoms with Crippen LogP contribution in [0.1, 0.15) is 26.2 Å². The quantitative estimate of drug-likeness (QED) is 0.219. The molecule has 5 saturated heterocycles. The Morgan fingerprint density at radius 1 is 0.947 bits per heavy atom. The van der Waals surface area contributed by atoms with Gasteiger partial charge in [-0.3, -0.25) is 25.5 Å². The maximum Gasteiger partial charge on any atom is 0.228 e. The third-order valence-electron chi connectivity index (χ3n) is 9.09. The number of thioether (sulfide) groups is 1. The lowest BCUT2D eigenvalue weighted by Crippen LogP contribution is -2.57. The Balaban J connectivity index is 1.15. The van der Waals surface area contributed by atoms with Crippen LogP contribution in [-0.2, 0) is 19.1 Å². The molecule has 38 heavy (non-hydrogen) atoms. The van der Waals surface area contributed by atoms with Gasteiger partial charge in [0, 0.05) is 70.7 Å². The second-order valence-corrected chi connectivity index (χ2v) is 13.9. The lowest BCUT2D eigenvalue weighted by molar-refractivity contribution is -0.136. The Bertz CT molecular complexity index is 849. The van der Waals surface area contributed by atoms with E-state index in [-0.39, 0.29) is 75.5 Å². The fourth-order valence-corrected chi connectivity index (χ4v) is 9.00. The van der Waals surface area contributed by atoms with Crippen LogP contribution in [-0.4, -0.2) is 110 Å². The highest BCUT2D eigenvalue weighted by molar-refractivity contribution is 8.00. The number of likely N-dealkylation sites (tertiary alicyclic amines) is 1. The predicted molar refractivity (Wildman–Crippen MR) is 149 cm³/mol. The van der Waals surface area contributed by atoms with Crippen molar-refractivity contribution in [1.29, 1.82) is 0 Å². The van der Waals surface area contributed by atoms with E-state index in [1.165, 1.54) is 0 Å². The highest BCUT2D eigenvalue weighted by Crippen LogP contribution is 2.39. The standard InChI is InChI=1S/C25H42Cl2N6O4S/c1-12-4-13(14-5-21(27)29-9-19(14)36-2)15(7-28-12)23(34)32-25-31-18-10-33(11-20(18)38-25)24(35)16-8-30-22(37-3)6-17(16)26/h12-22,25,28-31H,4-11H2,1-3H3,(H,32,34). The van der Waals surface area contributed by atoms with E-state index in [4.69, 9.17) is 32.7 Å². The fraction of sp³-hybridized carbons (Fsp3) is 0.920. The van der Waals surface area contributed by atoms with Crippen LogP contribution in [0.3, 0.4) is 0 Å². The molecule has 0 saturated carbocycles. The van der Waals surface area contributed by atoms with Crippen molar-refractivity contribution in [2.45, 2.75) is 72.2 Å². The van der Waals surface area contributed by atoms with Crippen molar-refractivity contribution in [3.05, 3.63) is 0 Å². The number of carbonyl (C=O) groups is 2. The maximum atomic E-state index is 13.6. The van der Waals surface area contributed by atoms with Crippen molar-refractivity contribution in [3.8, 4) is 0 Å². The van der Waals surface area contributed by atoms with Crippen LogP contribution in [0.5, 0.6) is 0 Å². The molecule has 0 bridgehead atoms. The van der Waals surface area contributed by atoms with Gasteiger partial charge in [0.2, 0.25) is 11.8 Å². The Labute approximate surface area is 239 Å². The molecule has 0 aliphatic carbocycles. The smallest absolute Gasteiger partial charge is 0.228 e. The number of carbonyl (C=O) groups excluding carboxylic acids is 2.